The number of nitrogens with two attached hydrogens (primary N) is 1. The zero-order valence-electron chi connectivity index (χ0n) is 17.0. The number of carbonyl (C=O) groups excluding carboxylic acids is 1. The molecule has 3 aromatic carbocycles. The Labute approximate surface area is 179 Å². The lowest BCUT2D eigenvalue weighted by atomic mass is 10.0. The van der Waals surface area contributed by atoms with Crippen LogP contribution in [0, 0.1) is 6.92 Å². The zero-order valence-corrected chi connectivity index (χ0v) is 17.0. The number of nitrogen functional groups attached to an aromatic ring is 1. The molecule has 2 heterocycles. The molecular formula is C24H22N4O3. The first-order valence-corrected chi connectivity index (χ1v) is 10.1. The maximum atomic E-state index is 13.0. The van der Waals surface area contributed by atoms with Crippen LogP contribution in [0.4, 0.5) is 16.5 Å². The summed E-state index contributed by atoms with van der Waals surface area (Å²) in [6, 6.07) is 21.3. The predicted molar refractivity (Wildman–Crippen MR) is 119 cm³/mol. The molecule has 1 aliphatic rings. The van der Waals surface area contributed by atoms with Gasteiger partial charge in [0.1, 0.15) is 5.52 Å². The standard InChI is InChI=1S/C24H22N4O3/c1-15-7-8-17(18-9-10-19-22(14-18)31-23(25)26-19)13-20(15)27-24(29)28-21(11-12-30-28)16-5-3-2-4-6-16/h2-10,13-14,21H,11-12H2,1H3,(H2,25,26)(H,27,29). The number of amides is 2. The number of rotatable bonds is 3. The number of hydrogen-bond acceptors (Lipinski definition) is 5. The molecule has 2 amide bonds. The Bertz CT molecular complexity index is 1250. The highest BCUT2D eigenvalue weighted by Crippen LogP contribution is 2.32. The topological polar surface area (TPSA) is 93.6 Å². The second kappa shape index (κ2) is 7.77. The second-order valence-corrected chi connectivity index (χ2v) is 7.57. The number of nitrogens with one attached hydrogen (secondary N) is 1. The van der Waals surface area contributed by atoms with Crippen LogP contribution in [0.3, 0.4) is 0 Å². The molecule has 7 nitrogen and oxygen atoms in total. The molecule has 1 aromatic heterocycles. The molecule has 4 aromatic rings. The molecule has 0 spiro atoms. The van der Waals surface area contributed by atoms with Gasteiger partial charge in [0, 0.05) is 12.1 Å². The summed E-state index contributed by atoms with van der Waals surface area (Å²) in [6.45, 7) is 2.46. The number of aryl methyl sites for hydroxylation is 1. The van der Waals surface area contributed by atoms with E-state index in [-0.39, 0.29) is 18.1 Å². The van der Waals surface area contributed by atoms with E-state index in [9.17, 15) is 4.79 Å². The molecule has 1 unspecified atom stereocenters. The fourth-order valence-corrected chi connectivity index (χ4v) is 3.88. The summed E-state index contributed by atoms with van der Waals surface area (Å²) >= 11 is 0. The van der Waals surface area contributed by atoms with Crippen LogP contribution >= 0.6 is 0 Å². The Morgan fingerprint density at radius 1 is 1.10 bits per heavy atom. The third-order valence-electron chi connectivity index (χ3n) is 5.51. The van der Waals surface area contributed by atoms with Crippen molar-refractivity contribution in [1.29, 1.82) is 0 Å². The molecule has 5 rings (SSSR count). The highest BCUT2D eigenvalue weighted by atomic mass is 16.7. The maximum Gasteiger partial charge on any atom is 0.346 e. The quantitative estimate of drug-likeness (QED) is 0.475. The Morgan fingerprint density at radius 3 is 2.71 bits per heavy atom. The Kier molecular flexibility index (Phi) is 4.80. The Balaban J connectivity index is 1.40. The number of benzene rings is 3. The molecule has 7 heteroatoms. The molecule has 0 saturated carbocycles. The summed E-state index contributed by atoms with van der Waals surface area (Å²) in [6.07, 6.45) is 0.761. The van der Waals surface area contributed by atoms with Crippen LogP contribution in [0.15, 0.2) is 71.1 Å². The summed E-state index contributed by atoms with van der Waals surface area (Å²) in [5.74, 6) is 0. The molecule has 0 radical (unpaired) electrons. The second-order valence-electron chi connectivity index (χ2n) is 7.57. The third kappa shape index (κ3) is 3.71. The molecular weight excluding hydrogens is 392 g/mol. The van der Waals surface area contributed by atoms with Crippen molar-refractivity contribution in [1.82, 2.24) is 10.0 Å². The van der Waals surface area contributed by atoms with Crippen molar-refractivity contribution < 1.29 is 14.0 Å². The van der Waals surface area contributed by atoms with E-state index in [0.29, 0.717) is 17.7 Å². The molecule has 0 aliphatic carbocycles. The number of hydroxylamine groups is 2. The first-order valence-electron chi connectivity index (χ1n) is 10.1. The number of carbonyl (C=O) groups is 1. The van der Waals surface area contributed by atoms with Gasteiger partial charge in [-0.05, 0) is 47.4 Å². The average molecular weight is 414 g/mol. The first-order chi connectivity index (χ1) is 15.1. The largest absolute Gasteiger partial charge is 0.424 e. The summed E-state index contributed by atoms with van der Waals surface area (Å²) in [5.41, 5.74) is 11.6. The van der Waals surface area contributed by atoms with Crippen LogP contribution < -0.4 is 11.1 Å². The Morgan fingerprint density at radius 2 is 1.87 bits per heavy atom. The fraction of sp³-hybridized carbons (Fsp3) is 0.167. The van der Waals surface area contributed by atoms with E-state index in [1.807, 2.05) is 73.7 Å². The minimum absolute atomic E-state index is 0.107. The van der Waals surface area contributed by atoms with Gasteiger partial charge in [0.2, 0.25) is 0 Å². The van der Waals surface area contributed by atoms with Gasteiger partial charge in [0.25, 0.3) is 6.01 Å². The van der Waals surface area contributed by atoms with Gasteiger partial charge in [-0.1, -0.05) is 48.5 Å². The van der Waals surface area contributed by atoms with Crippen molar-refractivity contribution in [3.63, 3.8) is 0 Å². The SMILES string of the molecule is Cc1ccc(-c2ccc3nc(N)oc3c2)cc1NC(=O)N1OCCC1c1ccccc1. The van der Waals surface area contributed by atoms with Gasteiger partial charge in [-0.15, -0.1) is 0 Å². The van der Waals surface area contributed by atoms with Gasteiger partial charge in [-0.3, -0.25) is 4.84 Å². The summed E-state index contributed by atoms with van der Waals surface area (Å²) in [7, 11) is 0. The zero-order chi connectivity index (χ0) is 21.4. The predicted octanol–water partition coefficient (Wildman–Crippen LogP) is 5.30. The van der Waals surface area contributed by atoms with Crippen molar-refractivity contribution in [2.24, 2.45) is 0 Å². The van der Waals surface area contributed by atoms with Crippen molar-refractivity contribution in [3.05, 3.63) is 77.9 Å². The van der Waals surface area contributed by atoms with E-state index < -0.39 is 0 Å². The van der Waals surface area contributed by atoms with Gasteiger partial charge in [0.05, 0.1) is 12.6 Å². The van der Waals surface area contributed by atoms with Crippen molar-refractivity contribution in [2.75, 3.05) is 17.7 Å². The molecule has 1 fully saturated rings. The van der Waals surface area contributed by atoms with Gasteiger partial charge in [-0.2, -0.15) is 10.0 Å². The number of oxazole rings is 1. The van der Waals surface area contributed by atoms with Crippen LogP contribution in [0.25, 0.3) is 22.2 Å². The van der Waals surface area contributed by atoms with Crippen LogP contribution in [-0.2, 0) is 4.84 Å². The molecule has 1 atom stereocenters. The van der Waals surface area contributed by atoms with Crippen molar-refractivity contribution >= 4 is 28.8 Å². The number of nitrogens with zero attached hydrogens (tertiary/aromatic N) is 2. The minimum atomic E-state index is -0.287. The van der Waals surface area contributed by atoms with E-state index in [4.69, 9.17) is 15.0 Å². The molecule has 1 saturated heterocycles. The normalized spacial score (nSPS) is 16.0. The van der Waals surface area contributed by atoms with E-state index >= 15 is 0 Å². The monoisotopic (exact) mass is 414 g/mol. The summed E-state index contributed by atoms with van der Waals surface area (Å²) < 4.78 is 5.44. The summed E-state index contributed by atoms with van der Waals surface area (Å²) in [5, 5.41) is 4.44. The third-order valence-corrected chi connectivity index (χ3v) is 5.51. The average Bonchev–Trinajstić information content (AvgIpc) is 3.41. The molecule has 1 aliphatic heterocycles. The molecule has 3 N–H and O–H groups in total. The van der Waals surface area contributed by atoms with Gasteiger partial charge in [0.15, 0.2) is 5.58 Å². The lowest BCUT2D eigenvalue weighted by Gasteiger charge is -2.23. The highest BCUT2D eigenvalue weighted by molar-refractivity contribution is 5.91. The minimum Gasteiger partial charge on any atom is -0.424 e. The number of fused-ring (bicyclic) bond motifs is 1. The van der Waals surface area contributed by atoms with E-state index in [2.05, 4.69) is 10.3 Å². The Hall–Kier alpha value is -3.84. The molecule has 156 valence electrons. The molecule has 31 heavy (non-hydrogen) atoms. The first kappa shape index (κ1) is 19.1. The maximum absolute atomic E-state index is 13.0. The number of aromatic nitrogens is 1. The number of urea groups is 1. The van der Waals surface area contributed by atoms with Gasteiger partial charge in [-0.25, -0.2) is 4.79 Å². The number of anilines is 2. The highest BCUT2D eigenvalue weighted by Gasteiger charge is 2.32. The van der Waals surface area contributed by atoms with E-state index in [1.54, 1.807) is 0 Å². The van der Waals surface area contributed by atoms with Crippen molar-refractivity contribution in [2.45, 2.75) is 19.4 Å². The fourth-order valence-electron chi connectivity index (χ4n) is 3.88. The van der Waals surface area contributed by atoms with Gasteiger partial charge >= 0.3 is 6.03 Å². The van der Waals surface area contributed by atoms with Crippen molar-refractivity contribution in [3.8, 4) is 11.1 Å². The summed E-state index contributed by atoms with van der Waals surface area (Å²) in [4.78, 5) is 22.8. The van der Waals surface area contributed by atoms with Crippen LogP contribution in [0.5, 0.6) is 0 Å². The lowest BCUT2D eigenvalue weighted by Crippen LogP contribution is -2.33. The van der Waals surface area contributed by atoms with Crippen LogP contribution in [0.1, 0.15) is 23.6 Å². The number of hydrogen-bond donors (Lipinski definition) is 2. The lowest BCUT2D eigenvalue weighted by molar-refractivity contribution is -0.0829. The van der Waals surface area contributed by atoms with Crippen LogP contribution in [0.2, 0.25) is 0 Å². The van der Waals surface area contributed by atoms with E-state index in [0.717, 1.165) is 34.4 Å². The van der Waals surface area contributed by atoms with Gasteiger partial charge < -0.3 is 15.5 Å². The smallest absolute Gasteiger partial charge is 0.346 e. The van der Waals surface area contributed by atoms with Crippen LogP contribution in [-0.4, -0.2) is 22.7 Å². The molecule has 0 bridgehead atoms. The van der Waals surface area contributed by atoms with E-state index in [1.165, 1.54) is 5.06 Å².